The van der Waals surface area contributed by atoms with Crippen LogP contribution < -0.4 is 5.32 Å². The number of rotatable bonds is 4. The van der Waals surface area contributed by atoms with Crippen molar-refractivity contribution in [3.8, 4) is 5.75 Å². The van der Waals surface area contributed by atoms with Gasteiger partial charge in [0.15, 0.2) is 5.75 Å². The van der Waals surface area contributed by atoms with Gasteiger partial charge in [-0.3, -0.25) is 9.78 Å². The summed E-state index contributed by atoms with van der Waals surface area (Å²) in [5.74, 6) is -0.611. The van der Waals surface area contributed by atoms with Gasteiger partial charge in [-0.05, 0) is 17.7 Å². The van der Waals surface area contributed by atoms with E-state index in [0.717, 1.165) is 10.9 Å². The number of phenols is 1. The molecule has 0 aliphatic heterocycles. The normalized spacial score (nSPS) is 12.0. The predicted octanol–water partition coefficient (Wildman–Crippen LogP) is 2.40. The molecule has 1 atom stereocenters. The minimum Gasteiger partial charge on any atom is -0.505 e. The number of aliphatic hydroxyl groups excluding tert-OH is 1. The number of phenolic OH excluding ortho intramolecular Hbond substituents is 1. The lowest BCUT2D eigenvalue weighted by Gasteiger charge is -2.13. The molecule has 0 spiro atoms. The van der Waals surface area contributed by atoms with Crippen LogP contribution in [0.5, 0.6) is 5.75 Å². The van der Waals surface area contributed by atoms with E-state index in [9.17, 15) is 15.0 Å². The number of hydrogen-bond donors (Lipinski definition) is 3. The highest BCUT2D eigenvalue weighted by atomic mass is 16.3. The molecule has 1 heterocycles. The molecule has 3 rings (SSSR count). The standard InChI is InChI=1S/C18H16N2O3/c21-15(12-5-2-1-3-6-12)11-20-18(23)14-9-8-13-7-4-10-19-16(13)17(14)22/h1-10,15,21-22H,11H2,(H,20,23). The molecule has 0 aliphatic carbocycles. The highest BCUT2D eigenvalue weighted by Gasteiger charge is 2.16. The average molecular weight is 308 g/mol. The number of benzene rings is 2. The lowest BCUT2D eigenvalue weighted by atomic mass is 10.1. The number of carbonyl (C=O) groups excluding carboxylic acids is 1. The van der Waals surface area contributed by atoms with Crippen molar-refractivity contribution < 1.29 is 15.0 Å². The minimum atomic E-state index is -0.805. The third-order valence-electron chi connectivity index (χ3n) is 3.63. The molecular formula is C18H16N2O3. The van der Waals surface area contributed by atoms with Gasteiger partial charge in [-0.25, -0.2) is 0 Å². The van der Waals surface area contributed by atoms with Crippen molar-refractivity contribution in [1.29, 1.82) is 0 Å². The molecule has 1 amide bonds. The number of pyridine rings is 1. The molecule has 5 heteroatoms. The summed E-state index contributed by atoms with van der Waals surface area (Å²) in [6.45, 7) is 0.0581. The Bertz CT molecular complexity index is 834. The number of nitrogens with one attached hydrogen (secondary N) is 1. The number of aromatic nitrogens is 1. The zero-order chi connectivity index (χ0) is 16.2. The molecule has 0 radical (unpaired) electrons. The maximum Gasteiger partial charge on any atom is 0.255 e. The largest absolute Gasteiger partial charge is 0.505 e. The molecule has 2 aromatic carbocycles. The van der Waals surface area contributed by atoms with Crippen LogP contribution in [0.2, 0.25) is 0 Å². The summed E-state index contributed by atoms with van der Waals surface area (Å²) >= 11 is 0. The first-order valence-corrected chi connectivity index (χ1v) is 7.24. The minimum absolute atomic E-state index is 0.0581. The van der Waals surface area contributed by atoms with Gasteiger partial charge in [0.1, 0.15) is 5.52 Å². The monoisotopic (exact) mass is 308 g/mol. The number of amides is 1. The molecule has 3 N–H and O–H groups in total. The second-order valence-corrected chi connectivity index (χ2v) is 5.17. The van der Waals surface area contributed by atoms with E-state index < -0.39 is 12.0 Å². The summed E-state index contributed by atoms with van der Waals surface area (Å²) in [4.78, 5) is 16.3. The third kappa shape index (κ3) is 3.14. The molecule has 3 aromatic rings. The van der Waals surface area contributed by atoms with Gasteiger partial charge in [0.2, 0.25) is 0 Å². The van der Waals surface area contributed by atoms with Crippen molar-refractivity contribution in [1.82, 2.24) is 10.3 Å². The Morgan fingerprint density at radius 3 is 2.65 bits per heavy atom. The molecule has 23 heavy (non-hydrogen) atoms. The van der Waals surface area contributed by atoms with E-state index in [-0.39, 0.29) is 17.9 Å². The highest BCUT2D eigenvalue weighted by molar-refractivity contribution is 6.02. The molecular weight excluding hydrogens is 292 g/mol. The van der Waals surface area contributed by atoms with E-state index in [1.54, 1.807) is 36.5 Å². The second-order valence-electron chi connectivity index (χ2n) is 5.17. The number of carbonyl (C=O) groups is 1. The van der Waals surface area contributed by atoms with Crippen LogP contribution in [-0.4, -0.2) is 27.6 Å². The fourth-order valence-corrected chi connectivity index (χ4v) is 2.39. The van der Waals surface area contributed by atoms with Gasteiger partial charge in [-0.1, -0.05) is 42.5 Å². The van der Waals surface area contributed by atoms with Crippen LogP contribution in [0.3, 0.4) is 0 Å². The number of aromatic hydroxyl groups is 1. The van der Waals surface area contributed by atoms with Gasteiger partial charge in [-0.2, -0.15) is 0 Å². The molecule has 0 saturated carbocycles. The van der Waals surface area contributed by atoms with Gasteiger partial charge < -0.3 is 15.5 Å². The highest BCUT2D eigenvalue weighted by Crippen LogP contribution is 2.26. The summed E-state index contributed by atoms with van der Waals surface area (Å²) in [6.07, 6.45) is 0.754. The van der Waals surface area contributed by atoms with E-state index in [2.05, 4.69) is 10.3 Å². The van der Waals surface area contributed by atoms with Gasteiger partial charge in [-0.15, -0.1) is 0 Å². The molecule has 0 aliphatic rings. The summed E-state index contributed by atoms with van der Waals surface area (Å²) in [7, 11) is 0. The summed E-state index contributed by atoms with van der Waals surface area (Å²) in [6, 6.07) is 15.9. The summed E-state index contributed by atoms with van der Waals surface area (Å²) in [5, 5.41) is 23.7. The molecule has 0 bridgehead atoms. The first kappa shape index (κ1) is 15.0. The lowest BCUT2D eigenvalue weighted by Crippen LogP contribution is -2.28. The zero-order valence-corrected chi connectivity index (χ0v) is 12.3. The molecule has 116 valence electrons. The van der Waals surface area contributed by atoms with Crippen LogP contribution in [0.1, 0.15) is 22.0 Å². The Labute approximate surface area is 133 Å². The first-order chi connectivity index (χ1) is 11.2. The van der Waals surface area contributed by atoms with Gasteiger partial charge in [0.25, 0.3) is 5.91 Å². The number of nitrogens with zero attached hydrogens (tertiary/aromatic N) is 1. The SMILES string of the molecule is O=C(NCC(O)c1ccccc1)c1ccc2cccnc2c1O. The summed E-state index contributed by atoms with van der Waals surface area (Å²) in [5.41, 5.74) is 1.23. The quantitative estimate of drug-likeness (QED) is 0.691. The fourth-order valence-electron chi connectivity index (χ4n) is 2.39. The van der Waals surface area contributed by atoms with Crippen LogP contribution in [0.25, 0.3) is 10.9 Å². The molecule has 0 saturated heterocycles. The third-order valence-corrected chi connectivity index (χ3v) is 3.63. The predicted molar refractivity (Wildman–Crippen MR) is 87.1 cm³/mol. The van der Waals surface area contributed by atoms with Crippen LogP contribution in [0, 0.1) is 0 Å². The van der Waals surface area contributed by atoms with Gasteiger partial charge in [0, 0.05) is 18.1 Å². The fraction of sp³-hybridized carbons (Fsp3) is 0.111. The smallest absolute Gasteiger partial charge is 0.255 e. The van der Waals surface area contributed by atoms with Crippen molar-refractivity contribution >= 4 is 16.8 Å². The van der Waals surface area contributed by atoms with Crippen molar-refractivity contribution in [3.63, 3.8) is 0 Å². The van der Waals surface area contributed by atoms with Crippen LogP contribution in [-0.2, 0) is 0 Å². The van der Waals surface area contributed by atoms with Gasteiger partial charge >= 0.3 is 0 Å². The Morgan fingerprint density at radius 2 is 1.87 bits per heavy atom. The van der Waals surface area contributed by atoms with Crippen molar-refractivity contribution in [2.24, 2.45) is 0 Å². The van der Waals surface area contributed by atoms with Gasteiger partial charge in [0.05, 0.1) is 11.7 Å². The summed E-state index contributed by atoms with van der Waals surface area (Å²) < 4.78 is 0. The number of aliphatic hydroxyl groups is 1. The van der Waals surface area contributed by atoms with E-state index in [4.69, 9.17) is 0 Å². The molecule has 5 nitrogen and oxygen atoms in total. The molecule has 0 fully saturated rings. The topological polar surface area (TPSA) is 82.5 Å². The Balaban J connectivity index is 1.75. The van der Waals surface area contributed by atoms with E-state index in [1.807, 2.05) is 24.3 Å². The molecule has 1 aromatic heterocycles. The number of hydrogen-bond acceptors (Lipinski definition) is 4. The number of fused-ring (bicyclic) bond motifs is 1. The Kier molecular flexibility index (Phi) is 4.21. The van der Waals surface area contributed by atoms with E-state index in [1.165, 1.54) is 0 Å². The maximum absolute atomic E-state index is 12.2. The lowest BCUT2D eigenvalue weighted by molar-refractivity contribution is 0.0914. The Morgan fingerprint density at radius 1 is 1.09 bits per heavy atom. The van der Waals surface area contributed by atoms with E-state index in [0.29, 0.717) is 5.52 Å². The van der Waals surface area contributed by atoms with Crippen LogP contribution in [0.4, 0.5) is 0 Å². The van der Waals surface area contributed by atoms with Crippen molar-refractivity contribution in [3.05, 3.63) is 71.9 Å². The Hall–Kier alpha value is -2.92. The second kappa shape index (κ2) is 6.46. The molecule has 1 unspecified atom stereocenters. The average Bonchev–Trinajstić information content (AvgIpc) is 2.60. The van der Waals surface area contributed by atoms with Crippen LogP contribution >= 0.6 is 0 Å². The first-order valence-electron chi connectivity index (χ1n) is 7.24. The van der Waals surface area contributed by atoms with E-state index >= 15 is 0 Å². The zero-order valence-electron chi connectivity index (χ0n) is 12.3. The van der Waals surface area contributed by atoms with Crippen LogP contribution in [0.15, 0.2) is 60.8 Å². The van der Waals surface area contributed by atoms with Crippen molar-refractivity contribution in [2.45, 2.75) is 6.10 Å². The maximum atomic E-state index is 12.2. The van der Waals surface area contributed by atoms with Crippen molar-refractivity contribution in [2.75, 3.05) is 6.54 Å².